The second kappa shape index (κ2) is 15.9. The molecule has 5 rings (SSSR count). The number of benzene rings is 3. The highest BCUT2D eigenvalue weighted by Crippen LogP contribution is 2.35. The van der Waals surface area contributed by atoms with E-state index in [1.54, 1.807) is 47.6 Å². The molecule has 0 fully saturated rings. The van der Waals surface area contributed by atoms with E-state index < -0.39 is 40.0 Å². The number of fused-ring (bicyclic) bond motifs is 2. The zero-order valence-corrected chi connectivity index (χ0v) is 30.7. The van der Waals surface area contributed by atoms with Crippen LogP contribution in [0, 0.1) is 0 Å². The minimum atomic E-state index is -3.59. The van der Waals surface area contributed by atoms with Gasteiger partial charge in [-0.15, -0.1) is 0 Å². The standard InChI is InChI=1S/C35H32Cl2N2O10S2/c1-19(40)50-18-30(41)48-20(2)49-35(44)28(14-21-5-4-6-25(13-21)51(3,45)46)38-33(42)31-27(36)15-24-17-39(11-9-26(24)32(31)37)34(43)23-8-7-22-10-12-47-29(22)16-23/h4-8,10,12-13,15-16,20,28H,9,11,14,17-18H2,1-3H3,(H,38,42)/t20?,28-/m0/s1. The number of hydrogen-bond donors (Lipinski definition) is 1. The molecule has 1 aliphatic heterocycles. The quantitative estimate of drug-likeness (QED) is 0.153. The van der Waals surface area contributed by atoms with Crippen molar-refractivity contribution in [2.75, 3.05) is 18.6 Å². The molecule has 3 aromatic carbocycles. The van der Waals surface area contributed by atoms with Crippen LogP contribution in [-0.4, -0.2) is 73.1 Å². The van der Waals surface area contributed by atoms with Gasteiger partial charge in [-0.1, -0.05) is 53.2 Å². The predicted octanol–water partition coefficient (Wildman–Crippen LogP) is 5.39. The van der Waals surface area contributed by atoms with Crippen LogP contribution in [0.2, 0.25) is 10.0 Å². The summed E-state index contributed by atoms with van der Waals surface area (Å²) in [5, 5.41) is 3.19. The number of amides is 2. The Balaban J connectivity index is 1.36. The molecule has 4 aromatic rings. The molecule has 2 heterocycles. The number of carbonyl (C=O) groups is 5. The molecule has 0 radical (unpaired) electrons. The molecular formula is C35H32Cl2N2O10S2. The summed E-state index contributed by atoms with van der Waals surface area (Å²) in [5.41, 5.74) is 2.57. The first-order valence-corrected chi connectivity index (χ1v) is 19.1. The lowest BCUT2D eigenvalue weighted by atomic mass is 9.95. The van der Waals surface area contributed by atoms with E-state index in [0.29, 0.717) is 40.8 Å². The number of nitrogens with one attached hydrogen (secondary N) is 1. The summed E-state index contributed by atoms with van der Waals surface area (Å²) in [6, 6.07) is 13.0. The fourth-order valence-electron chi connectivity index (χ4n) is 5.52. The van der Waals surface area contributed by atoms with Crippen LogP contribution in [0.25, 0.3) is 11.0 Å². The zero-order valence-electron chi connectivity index (χ0n) is 27.6. The van der Waals surface area contributed by atoms with Crippen molar-refractivity contribution in [1.29, 1.82) is 0 Å². The normalized spacial score (nSPS) is 13.9. The van der Waals surface area contributed by atoms with Gasteiger partial charge in [-0.3, -0.25) is 19.2 Å². The van der Waals surface area contributed by atoms with E-state index in [0.717, 1.165) is 23.4 Å². The van der Waals surface area contributed by atoms with Gasteiger partial charge in [0.2, 0.25) is 6.29 Å². The van der Waals surface area contributed by atoms with Crippen LogP contribution in [-0.2, 0) is 53.1 Å². The zero-order chi connectivity index (χ0) is 37.0. The van der Waals surface area contributed by atoms with Crippen molar-refractivity contribution in [3.05, 3.63) is 98.7 Å². The maximum absolute atomic E-state index is 13.8. The number of sulfone groups is 1. The second-order valence-electron chi connectivity index (χ2n) is 11.8. The van der Waals surface area contributed by atoms with E-state index in [-0.39, 0.29) is 50.2 Å². The molecule has 51 heavy (non-hydrogen) atoms. The molecule has 268 valence electrons. The van der Waals surface area contributed by atoms with Crippen molar-refractivity contribution >= 4 is 84.6 Å². The second-order valence-corrected chi connectivity index (χ2v) is 15.7. The predicted molar refractivity (Wildman–Crippen MR) is 190 cm³/mol. The smallest absolute Gasteiger partial charge is 0.332 e. The summed E-state index contributed by atoms with van der Waals surface area (Å²) in [6.45, 7) is 3.06. The fourth-order valence-corrected chi connectivity index (χ4v) is 7.36. The maximum Gasteiger partial charge on any atom is 0.332 e. The Bertz CT molecular complexity index is 2150. The third kappa shape index (κ3) is 9.30. The summed E-state index contributed by atoms with van der Waals surface area (Å²) < 4.78 is 40.2. The summed E-state index contributed by atoms with van der Waals surface area (Å²) >= 11 is 14.1. The maximum atomic E-state index is 13.8. The Morgan fingerprint density at radius 3 is 2.53 bits per heavy atom. The molecule has 1 N–H and O–H groups in total. The molecule has 0 saturated heterocycles. The first-order valence-electron chi connectivity index (χ1n) is 15.5. The van der Waals surface area contributed by atoms with Crippen LogP contribution in [0.15, 0.2) is 70.2 Å². The number of thioether (sulfide) groups is 1. The van der Waals surface area contributed by atoms with Gasteiger partial charge in [0.15, 0.2) is 15.0 Å². The highest BCUT2D eigenvalue weighted by Gasteiger charge is 2.31. The number of halogens is 2. The monoisotopic (exact) mass is 774 g/mol. The van der Waals surface area contributed by atoms with E-state index in [9.17, 15) is 32.4 Å². The fraction of sp³-hybridized carbons (Fsp3) is 0.286. The van der Waals surface area contributed by atoms with Crippen LogP contribution in [0.3, 0.4) is 0 Å². The summed E-state index contributed by atoms with van der Waals surface area (Å²) in [5.74, 6) is -3.13. The van der Waals surface area contributed by atoms with Crippen LogP contribution in [0.5, 0.6) is 0 Å². The average molecular weight is 776 g/mol. The number of furan rings is 1. The summed E-state index contributed by atoms with van der Waals surface area (Å²) in [7, 11) is -3.59. The minimum Gasteiger partial charge on any atom is -0.464 e. The molecule has 1 unspecified atom stereocenters. The Morgan fingerprint density at radius 1 is 1.04 bits per heavy atom. The Kier molecular flexibility index (Phi) is 11.8. The lowest BCUT2D eigenvalue weighted by Crippen LogP contribution is -2.45. The first kappa shape index (κ1) is 37.9. The third-order valence-electron chi connectivity index (χ3n) is 7.95. The number of nitrogens with zero attached hydrogens (tertiary/aromatic N) is 1. The molecule has 0 aliphatic carbocycles. The van der Waals surface area contributed by atoms with E-state index in [1.165, 1.54) is 32.0 Å². The van der Waals surface area contributed by atoms with Crippen LogP contribution in [0.4, 0.5) is 0 Å². The molecule has 1 aromatic heterocycles. The van der Waals surface area contributed by atoms with Gasteiger partial charge in [-0.25, -0.2) is 13.2 Å². The summed E-state index contributed by atoms with van der Waals surface area (Å²) in [4.78, 5) is 65.5. The van der Waals surface area contributed by atoms with Crippen molar-refractivity contribution < 1.29 is 46.3 Å². The van der Waals surface area contributed by atoms with Crippen molar-refractivity contribution in [2.45, 2.75) is 50.5 Å². The van der Waals surface area contributed by atoms with Crippen molar-refractivity contribution in [3.63, 3.8) is 0 Å². The first-order chi connectivity index (χ1) is 24.1. The highest BCUT2D eigenvalue weighted by atomic mass is 35.5. The van der Waals surface area contributed by atoms with Crippen molar-refractivity contribution in [2.24, 2.45) is 0 Å². The van der Waals surface area contributed by atoms with Crippen molar-refractivity contribution in [1.82, 2.24) is 10.2 Å². The molecule has 2 amide bonds. The van der Waals surface area contributed by atoms with E-state index in [4.69, 9.17) is 37.1 Å². The SMILES string of the molecule is CC(=O)SCC(=O)OC(C)OC(=O)[C@H](Cc1cccc(S(C)(=O)=O)c1)NC(=O)c1c(Cl)cc2c(c1Cl)CCN(C(=O)c1ccc3ccoc3c1)C2. The van der Waals surface area contributed by atoms with Crippen molar-refractivity contribution in [3.8, 4) is 0 Å². The largest absolute Gasteiger partial charge is 0.464 e. The Labute approximate surface area is 307 Å². The lowest BCUT2D eigenvalue weighted by molar-refractivity contribution is -0.184. The molecule has 2 atom stereocenters. The lowest BCUT2D eigenvalue weighted by Gasteiger charge is -2.30. The van der Waals surface area contributed by atoms with Gasteiger partial charge in [-0.2, -0.15) is 0 Å². The van der Waals surface area contributed by atoms with E-state index in [1.807, 2.05) is 0 Å². The number of esters is 2. The van der Waals surface area contributed by atoms with Gasteiger partial charge in [-0.05, 0) is 59.5 Å². The average Bonchev–Trinajstić information content (AvgIpc) is 3.54. The van der Waals surface area contributed by atoms with Crippen LogP contribution >= 0.6 is 35.0 Å². The molecule has 0 spiro atoms. The number of carbonyl (C=O) groups excluding carboxylic acids is 5. The van der Waals surface area contributed by atoms with Gasteiger partial charge in [0.25, 0.3) is 11.8 Å². The van der Waals surface area contributed by atoms with Gasteiger partial charge in [0.1, 0.15) is 11.6 Å². The molecule has 12 nitrogen and oxygen atoms in total. The van der Waals surface area contributed by atoms with E-state index in [2.05, 4.69) is 5.32 Å². The number of rotatable bonds is 11. The van der Waals surface area contributed by atoms with Gasteiger partial charge in [0.05, 0.1) is 32.5 Å². The van der Waals surface area contributed by atoms with Gasteiger partial charge < -0.3 is 24.1 Å². The molecule has 1 aliphatic rings. The Hall–Kier alpha value is -4.37. The molecular weight excluding hydrogens is 743 g/mol. The number of ether oxygens (including phenoxy) is 2. The topological polar surface area (TPSA) is 166 Å². The van der Waals surface area contributed by atoms with Crippen LogP contribution < -0.4 is 5.32 Å². The molecule has 0 bridgehead atoms. The van der Waals surface area contributed by atoms with Gasteiger partial charge >= 0.3 is 11.9 Å². The minimum absolute atomic E-state index is 0.00136. The Morgan fingerprint density at radius 2 is 1.80 bits per heavy atom. The summed E-state index contributed by atoms with van der Waals surface area (Å²) in [6.07, 6.45) is 1.30. The van der Waals surface area contributed by atoms with Crippen LogP contribution in [0.1, 0.15) is 51.3 Å². The highest BCUT2D eigenvalue weighted by molar-refractivity contribution is 8.14. The van der Waals surface area contributed by atoms with E-state index >= 15 is 0 Å². The third-order valence-corrected chi connectivity index (χ3v) is 10.6. The molecule has 16 heteroatoms. The number of hydrogen-bond acceptors (Lipinski definition) is 11. The van der Waals surface area contributed by atoms with Gasteiger partial charge in [0, 0.05) is 50.6 Å². The molecule has 0 saturated carbocycles.